The lowest BCUT2D eigenvalue weighted by molar-refractivity contribution is 0.0599. The van der Waals surface area contributed by atoms with Crippen molar-refractivity contribution < 1.29 is 14.3 Å². The molecule has 0 unspecified atom stereocenters. The van der Waals surface area contributed by atoms with E-state index in [1.54, 1.807) is 13.8 Å². The maximum atomic E-state index is 12.6. The number of likely N-dealkylation sites (tertiary alicyclic amines) is 1. The molecule has 0 bridgehead atoms. The topological polar surface area (TPSA) is 62.4 Å². The maximum Gasteiger partial charge on any atom is 0.339 e. The third-order valence-corrected chi connectivity index (χ3v) is 4.14. The number of ether oxygens (including phenoxy) is 1. The smallest absolute Gasteiger partial charge is 0.339 e. The molecule has 0 spiro atoms. The highest BCUT2D eigenvalue weighted by Gasteiger charge is 2.29. The van der Waals surface area contributed by atoms with Crippen LogP contribution in [0.5, 0.6) is 0 Å². The predicted molar refractivity (Wildman–Crippen MR) is 76.2 cm³/mol. The van der Waals surface area contributed by atoms with Crippen LogP contribution < -0.4 is 0 Å². The van der Waals surface area contributed by atoms with Crippen LogP contribution in [0.4, 0.5) is 0 Å². The summed E-state index contributed by atoms with van der Waals surface area (Å²) in [4.78, 5) is 29.6. The number of aryl methyl sites for hydroxylation is 1. The summed E-state index contributed by atoms with van der Waals surface area (Å²) in [5, 5.41) is 0. The van der Waals surface area contributed by atoms with E-state index >= 15 is 0 Å². The van der Waals surface area contributed by atoms with Gasteiger partial charge in [0, 0.05) is 5.69 Å². The van der Waals surface area contributed by atoms with Crippen LogP contribution in [0.2, 0.25) is 0 Å². The number of esters is 1. The van der Waals surface area contributed by atoms with Gasteiger partial charge < -0.3 is 9.72 Å². The fourth-order valence-corrected chi connectivity index (χ4v) is 2.91. The Morgan fingerprint density at radius 3 is 2.40 bits per heavy atom. The fourth-order valence-electron chi connectivity index (χ4n) is 2.91. The fraction of sp³-hybridized carbons (Fsp3) is 0.600. The molecule has 5 heteroatoms. The molecule has 0 radical (unpaired) electrons. The molecule has 0 amide bonds. The van der Waals surface area contributed by atoms with E-state index in [4.69, 9.17) is 4.74 Å². The van der Waals surface area contributed by atoms with Gasteiger partial charge in [-0.2, -0.15) is 0 Å². The Morgan fingerprint density at radius 1 is 1.25 bits per heavy atom. The number of hydrogen-bond acceptors (Lipinski definition) is 4. The second kappa shape index (κ2) is 5.79. The first-order chi connectivity index (χ1) is 9.47. The van der Waals surface area contributed by atoms with Crippen LogP contribution >= 0.6 is 0 Å². The Hall–Kier alpha value is -1.62. The van der Waals surface area contributed by atoms with Crippen molar-refractivity contribution >= 4 is 11.8 Å². The Balaban J connectivity index is 2.28. The highest BCUT2D eigenvalue weighted by molar-refractivity contribution is 6.03. The number of carbonyl (C=O) groups is 2. The first-order valence-electron chi connectivity index (χ1n) is 7.03. The zero-order valence-electron chi connectivity index (χ0n) is 12.6. The SMILES string of the molecule is COC(=O)c1c(C)[nH]c(C(=O)[C@H](C)N2CCCC2)c1C. The average molecular weight is 278 g/mol. The van der Waals surface area contributed by atoms with Crippen LogP contribution in [0.3, 0.4) is 0 Å². The van der Waals surface area contributed by atoms with Crippen LogP contribution in [0.25, 0.3) is 0 Å². The number of nitrogens with one attached hydrogen (secondary N) is 1. The molecule has 1 aliphatic rings. The van der Waals surface area contributed by atoms with Crippen molar-refractivity contribution in [2.24, 2.45) is 0 Å². The van der Waals surface area contributed by atoms with Gasteiger partial charge in [-0.1, -0.05) is 0 Å². The summed E-state index contributed by atoms with van der Waals surface area (Å²) in [6.07, 6.45) is 2.29. The van der Waals surface area contributed by atoms with Gasteiger partial charge in [0.2, 0.25) is 0 Å². The second-order valence-electron chi connectivity index (χ2n) is 5.40. The van der Waals surface area contributed by atoms with E-state index < -0.39 is 5.97 Å². The van der Waals surface area contributed by atoms with Crippen LogP contribution in [0.15, 0.2) is 0 Å². The molecular weight excluding hydrogens is 256 g/mol. The third-order valence-electron chi connectivity index (χ3n) is 4.14. The number of ketones is 1. The van der Waals surface area contributed by atoms with Crippen molar-refractivity contribution in [1.82, 2.24) is 9.88 Å². The molecule has 1 saturated heterocycles. The molecule has 1 aromatic rings. The molecule has 110 valence electrons. The number of Topliss-reactive ketones (excluding diaryl/α,β-unsaturated/α-hetero) is 1. The minimum Gasteiger partial charge on any atom is -0.465 e. The van der Waals surface area contributed by atoms with Crippen molar-refractivity contribution in [3.8, 4) is 0 Å². The van der Waals surface area contributed by atoms with Gasteiger partial charge in [-0.25, -0.2) is 4.79 Å². The van der Waals surface area contributed by atoms with Crippen LogP contribution in [0.1, 0.15) is 51.9 Å². The highest BCUT2D eigenvalue weighted by atomic mass is 16.5. The number of aromatic amines is 1. The summed E-state index contributed by atoms with van der Waals surface area (Å²) in [6, 6.07) is -0.153. The molecule has 1 aliphatic heterocycles. The lowest BCUT2D eigenvalue weighted by atomic mass is 10.0. The highest BCUT2D eigenvalue weighted by Crippen LogP contribution is 2.22. The second-order valence-corrected chi connectivity index (χ2v) is 5.40. The van der Waals surface area contributed by atoms with Crippen molar-refractivity contribution in [3.63, 3.8) is 0 Å². The summed E-state index contributed by atoms with van der Waals surface area (Å²) < 4.78 is 4.77. The maximum absolute atomic E-state index is 12.6. The molecule has 1 N–H and O–H groups in total. The Morgan fingerprint density at radius 2 is 1.85 bits per heavy atom. The van der Waals surface area contributed by atoms with Crippen molar-refractivity contribution in [2.45, 2.75) is 39.7 Å². The summed E-state index contributed by atoms with van der Waals surface area (Å²) in [5.74, 6) is -0.355. The number of H-pyrrole nitrogens is 1. The third kappa shape index (κ3) is 2.50. The number of rotatable bonds is 4. The van der Waals surface area contributed by atoms with E-state index in [0.717, 1.165) is 25.9 Å². The molecule has 0 aliphatic carbocycles. The van der Waals surface area contributed by atoms with Gasteiger partial charge in [-0.15, -0.1) is 0 Å². The normalized spacial score (nSPS) is 17.2. The Kier molecular flexibility index (Phi) is 4.28. The number of hydrogen-bond donors (Lipinski definition) is 1. The number of methoxy groups -OCH3 is 1. The van der Waals surface area contributed by atoms with Gasteiger partial charge >= 0.3 is 5.97 Å². The number of nitrogens with zero attached hydrogens (tertiary/aromatic N) is 1. The standard InChI is InChI=1S/C15H22N2O3/c1-9-12(15(19)20-4)10(2)16-13(9)14(18)11(3)17-7-5-6-8-17/h11,16H,5-8H2,1-4H3/t11-/m0/s1. The van der Waals surface area contributed by atoms with Crippen LogP contribution in [0, 0.1) is 13.8 Å². The lowest BCUT2D eigenvalue weighted by Gasteiger charge is -2.22. The molecule has 1 atom stereocenters. The lowest BCUT2D eigenvalue weighted by Crippen LogP contribution is -2.37. The molecule has 0 aromatic carbocycles. The first kappa shape index (κ1) is 14.8. The van der Waals surface area contributed by atoms with Gasteiger partial charge in [0.25, 0.3) is 0 Å². The van der Waals surface area contributed by atoms with Crippen molar-refractivity contribution in [1.29, 1.82) is 0 Å². The molecule has 2 rings (SSSR count). The summed E-state index contributed by atoms with van der Waals surface area (Å²) in [6.45, 7) is 7.45. The van der Waals surface area contributed by atoms with Crippen LogP contribution in [-0.4, -0.2) is 47.9 Å². The van der Waals surface area contributed by atoms with Crippen molar-refractivity contribution in [3.05, 3.63) is 22.5 Å². The van der Waals surface area contributed by atoms with E-state index in [1.165, 1.54) is 7.11 Å². The van der Waals surface area contributed by atoms with E-state index in [2.05, 4.69) is 9.88 Å². The Bertz CT molecular complexity index is 527. The zero-order chi connectivity index (χ0) is 14.9. The molecule has 0 saturated carbocycles. The molecule has 20 heavy (non-hydrogen) atoms. The number of aromatic nitrogens is 1. The monoisotopic (exact) mass is 278 g/mol. The van der Waals surface area contributed by atoms with Gasteiger partial charge in [0.05, 0.1) is 24.4 Å². The molecule has 5 nitrogen and oxygen atoms in total. The predicted octanol–water partition coefficient (Wildman–Crippen LogP) is 2.09. The minimum atomic E-state index is -0.399. The van der Waals surface area contributed by atoms with Gasteiger partial charge in [-0.3, -0.25) is 9.69 Å². The molecule has 1 fully saturated rings. The minimum absolute atomic E-state index is 0.0441. The quantitative estimate of drug-likeness (QED) is 0.676. The molecule has 2 heterocycles. The summed E-state index contributed by atoms with van der Waals surface area (Å²) in [7, 11) is 1.35. The van der Waals surface area contributed by atoms with Crippen LogP contribution in [-0.2, 0) is 4.74 Å². The zero-order valence-corrected chi connectivity index (χ0v) is 12.6. The van der Waals surface area contributed by atoms with Crippen molar-refractivity contribution in [2.75, 3.05) is 20.2 Å². The van der Waals surface area contributed by atoms with E-state index in [-0.39, 0.29) is 11.8 Å². The first-order valence-corrected chi connectivity index (χ1v) is 7.03. The molecular formula is C15H22N2O3. The van der Waals surface area contributed by atoms with E-state index in [1.807, 2.05) is 6.92 Å². The Labute approximate surface area is 119 Å². The van der Waals surface area contributed by atoms with E-state index in [9.17, 15) is 9.59 Å². The average Bonchev–Trinajstić information content (AvgIpc) is 3.05. The largest absolute Gasteiger partial charge is 0.465 e. The van der Waals surface area contributed by atoms with E-state index in [0.29, 0.717) is 22.5 Å². The van der Waals surface area contributed by atoms with Gasteiger partial charge in [0.15, 0.2) is 5.78 Å². The summed E-state index contributed by atoms with van der Waals surface area (Å²) in [5.41, 5.74) is 2.38. The van der Waals surface area contributed by atoms with Gasteiger partial charge in [0.1, 0.15) is 0 Å². The summed E-state index contributed by atoms with van der Waals surface area (Å²) >= 11 is 0. The number of carbonyl (C=O) groups excluding carboxylic acids is 2. The molecule has 1 aromatic heterocycles. The van der Waals surface area contributed by atoms with Gasteiger partial charge in [-0.05, 0) is 52.3 Å².